The maximum atomic E-state index is 13.6. The smallest absolute Gasteiger partial charge is 0.253 e. The van der Waals surface area contributed by atoms with Crippen molar-refractivity contribution in [3.05, 3.63) is 120 Å². The number of phenolic OH excluding ortho intramolecular Hbond substituents is 1. The molecular weight excluding hydrogens is 610 g/mol. The number of likely N-dealkylation sites (tertiary alicyclic amines) is 1. The van der Waals surface area contributed by atoms with Crippen LogP contribution in [0, 0.1) is 11.8 Å². The van der Waals surface area contributed by atoms with Crippen LogP contribution in [0.4, 0.5) is 0 Å². The summed E-state index contributed by atoms with van der Waals surface area (Å²) >= 11 is 0. The van der Waals surface area contributed by atoms with E-state index in [0.29, 0.717) is 25.3 Å². The van der Waals surface area contributed by atoms with E-state index < -0.39 is 0 Å². The average Bonchev–Trinajstić information content (AvgIpc) is 3.68. The predicted octanol–water partition coefficient (Wildman–Crippen LogP) is 7.96. The number of phenols is 1. The van der Waals surface area contributed by atoms with E-state index in [1.54, 1.807) is 36.6 Å². The fourth-order valence-electron chi connectivity index (χ4n) is 7.21. The van der Waals surface area contributed by atoms with E-state index in [9.17, 15) is 14.7 Å². The van der Waals surface area contributed by atoms with Crippen molar-refractivity contribution in [3.8, 4) is 16.9 Å². The van der Waals surface area contributed by atoms with Gasteiger partial charge >= 0.3 is 0 Å². The highest BCUT2D eigenvalue weighted by Gasteiger charge is 2.24. The number of carbonyl (C=O) groups is 2. The van der Waals surface area contributed by atoms with Gasteiger partial charge in [0.05, 0.1) is 6.26 Å². The molecule has 2 aliphatic heterocycles. The molecule has 2 aliphatic rings. The van der Waals surface area contributed by atoms with Gasteiger partial charge in [0.1, 0.15) is 11.5 Å². The van der Waals surface area contributed by atoms with Crippen LogP contribution < -0.4 is 5.32 Å². The van der Waals surface area contributed by atoms with Gasteiger partial charge in [0.15, 0.2) is 0 Å². The van der Waals surface area contributed by atoms with Crippen molar-refractivity contribution in [2.75, 3.05) is 32.7 Å². The van der Waals surface area contributed by atoms with Gasteiger partial charge in [-0.2, -0.15) is 0 Å². The Kier molecular flexibility index (Phi) is 12.0. The number of piperidine rings is 2. The molecule has 256 valence electrons. The normalized spacial score (nSPS) is 15.9. The van der Waals surface area contributed by atoms with Crippen LogP contribution in [0.5, 0.6) is 5.75 Å². The van der Waals surface area contributed by atoms with Gasteiger partial charge in [-0.1, -0.05) is 61.7 Å². The number of carbonyl (C=O) groups excluding carboxylic acids is 2. The van der Waals surface area contributed by atoms with Gasteiger partial charge in [-0.15, -0.1) is 0 Å². The highest BCUT2D eigenvalue weighted by molar-refractivity contribution is 5.95. The number of aromatic hydroxyl groups is 1. The molecule has 0 atom stereocenters. The summed E-state index contributed by atoms with van der Waals surface area (Å²) in [6, 6.07) is 26.9. The Bertz CT molecular complexity index is 1670. The van der Waals surface area contributed by atoms with Crippen LogP contribution in [-0.2, 0) is 17.8 Å². The Morgan fingerprint density at radius 2 is 1.55 bits per heavy atom. The van der Waals surface area contributed by atoms with Crippen molar-refractivity contribution in [2.24, 2.45) is 11.8 Å². The lowest BCUT2D eigenvalue weighted by molar-refractivity contribution is -0.126. The maximum absolute atomic E-state index is 13.6. The summed E-state index contributed by atoms with van der Waals surface area (Å²) in [6.45, 7) is 4.95. The molecule has 0 aliphatic carbocycles. The summed E-state index contributed by atoms with van der Waals surface area (Å²) in [7, 11) is 0. The number of hydrogen-bond donors (Lipinski definition) is 2. The average molecular weight is 660 g/mol. The summed E-state index contributed by atoms with van der Waals surface area (Å²) in [6.07, 6.45) is 14.3. The van der Waals surface area contributed by atoms with Gasteiger partial charge in [0, 0.05) is 37.8 Å². The van der Waals surface area contributed by atoms with Crippen molar-refractivity contribution in [1.82, 2.24) is 15.1 Å². The molecule has 49 heavy (non-hydrogen) atoms. The molecule has 6 rings (SSSR count). The monoisotopic (exact) mass is 659 g/mol. The Morgan fingerprint density at radius 3 is 2.29 bits per heavy atom. The second-order valence-corrected chi connectivity index (χ2v) is 13.7. The molecule has 2 saturated heterocycles. The molecule has 0 bridgehead atoms. The molecule has 7 nitrogen and oxygen atoms in total. The van der Waals surface area contributed by atoms with Gasteiger partial charge in [-0.25, -0.2) is 0 Å². The maximum Gasteiger partial charge on any atom is 0.253 e. The molecule has 2 fully saturated rings. The van der Waals surface area contributed by atoms with Crippen molar-refractivity contribution in [3.63, 3.8) is 0 Å². The predicted molar refractivity (Wildman–Crippen MR) is 195 cm³/mol. The third-order valence-electron chi connectivity index (χ3n) is 10.2. The number of amides is 2. The Hall–Kier alpha value is -4.62. The Labute approximate surface area is 290 Å². The van der Waals surface area contributed by atoms with E-state index >= 15 is 0 Å². The van der Waals surface area contributed by atoms with Crippen LogP contribution in [0.2, 0.25) is 0 Å². The minimum atomic E-state index is -0.112. The van der Waals surface area contributed by atoms with Gasteiger partial charge < -0.3 is 24.6 Å². The quantitative estimate of drug-likeness (QED) is 0.142. The molecule has 3 heterocycles. The number of benzene rings is 3. The van der Waals surface area contributed by atoms with Crippen LogP contribution in [0.15, 0.2) is 102 Å². The summed E-state index contributed by atoms with van der Waals surface area (Å²) in [5.74, 6) is 2.46. The lowest BCUT2D eigenvalue weighted by Gasteiger charge is -2.32. The number of nitrogens with one attached hydrogen (secondary N) is 1. The highest BCUT2D eigenvalue weighted by atomic mass is 16.3. The summed E-state index contributed by atoms with van der Waals surface area (Å²) in [5.41, 5.74) is 4.76. The first-order valence-corrected chi connectivity index (χ1v) is 18.0. The molecule has 2 N–H and O–H groups in total. The minimum Gasteiger partial charge on any atom is -0.508 e. The lowest BCUT2D eigenvalue weighted by atomic mass is 9.87. The largest absolute Gasteiger partial charge is 0.508 e. The Balaban J connectivity index is 1.07. The van der Waals surface area contributed by atoms with Crippen LogP contribution in [0.25, 0.3) is 17.2 Å². The zero-order valence-corrected chi connectivity index (χ0v) is 28.4. The lowest BCUT2D eigenvalue weighted by Crippen LogP contribution is -2.38. The van der Waals surface area contributed by atoms with Crippen molar-refractivity contribution in [1.29, 1.82) is 0 Å². The SMILES string of the molecule is O=C(C=Cc1ccco1)N(CCc1ccc(O)cc1)Cc1cccc(-c2cccc(C(=O)N3CCC(CCCC4CCNCC4)CC3)c2)c1. The van der Waals surface area contributed by atoms with E-state index in [4.69, 9.17) is 4.42 Å². The Morgan fingerprint density at radius 1 is 0.837 bits per heavy atom. The molecule has 7 heteroatoms. The van der Waals surface area contributed by atoms with E-state index in [2.05, 4.69) is 17.4 Å². The molecule has 2 amide bonds. The van der Waals surface area contributed by atoms with Gasteiger partial charge in [0.2, 0.25) is 5.91 Å². The summed E-state index contributed by atoms with van der Waals surface area (Å²) < 4.78 is 5.38. The summed E-state index contributed by atoms with van der Waals surface area (Å²) in [5, 5.41) is 13.1. The molecule has 4 aromatic rings. The first kappa shape index (κ1) is 34.3. The van der Waals surface area contributed by atoms with Crippen molar-refractivity contribution in [2.45, 2.75) is 57.9 Å². The van der Waals surface area contributed by atoms with E-state index in [0.717, 1.165) is 65.6 Å². The van der Waals surface area contributed by atoms with Gasteiger partial charge in [0.25, 0.3) is 5.91 Å². The minimum absolute atomic E-state index is 0.112. The first-order valence-electron chi connectivity index (χ1n) is 18.0. The molecule has 0 radical (unpaired) electrons. The fourth-order valence-corrected chi connectivity index (χ4v) is 7.21. The van der Waals surface area contributed by atoms with E-state index in [-0.39, 0.29) is 17.6 Å². The zero-order valence-electron chi connectivity index (χ0n) is 28.4. The third-order valence-corrected chi connectivity index (χ3v) is 10.2. The molecule has 0 spiro atoms. The number of nitrogens with zero attached hydrogens (tertiary/aromatic N) is 2. The summed E-state index contributed by atoms with van der Waals surface area (Å²) in [4.78, 5) is 30.9. The van der Waals surface area contributed by atoms with E-state index in [1.807, 2.05) is 64.4 Å². The number of hydrogen-bond acceptors (Lipinski definition) is 5. The van der Waals surface area contributed by atoms with Crippen LogP contribution in [0.3, 0.4) is 0 Å². The second-order valence-electron chi connectivity index (χ2n) is 13.7. The van der Waals surface area contributed by atoms with Crippen LogP contribution in [-0.4, -0.2) is 59.4 Å². The first-order chi connectivity index (χ1) is 24.0. The van der Waals surface area contributed by atoms with Crippen molar-refractivity contribution >= 4 is 17.9 Å². The number of rotatable bonds is 13. The molecule has 0 unspecified atom stereocenters. The van der Waals surface area contributed by atoms with Crippen molar-refractivity contribution < 1.29 is 19.1 Å². The fraction of sp³-hybridized carbons (Fsp3) is 0.381. The topological polar surface area (TPSA) is 86.0 Å². The standard InChI is InChI=1S/C42H49N3O4/c46-39-14-12-34(13-15-39)22-27-45(41(47)17-16-40-11-4-28-49-40)31-35-7-2-8-36(29-35)37-9-3-10-38(30-37)42(48)44-25-20-33(21-26-44)6-1-5-32-18-23-43-24-19-32/h2-4,7-17,28-30,32-33,43,46H,1,5-6,18-27,31H2. The molecule has 3 aromatic carbocycles. The van der Waals surface area contributed by atoms with E-state index in [1.165, 1.54) is 45.2 Å². The van der Waals surface area contributed by atoms with Crippen LogP contribution >= 0.6 is 0 Å². The van der Waals surface area contributed by atoms with Gasteiger partial charge in [-0.05, 0) is 128 Å². The van der Waals surface area contributed by atoms with Gasteiger partial charge in [-0.3, -0.25) is 9.59 Å². The number of furan rings is 1. The highest BCUT2D eigenvalue weighted by Crippen LogP contribution is 2.28. The molecular formula is C42H49N3O4. The third kappa shape index (κ3) is 9.96. The molecule has 0 saturated carbocycles. The second kappa shape index (κ2) is 17.2. The zero-order chi connectivity index (χ0) is 33.8. The molecule has 1 aromatic heterocycles. The van der Waals surface area contributed by atoms with Crippen LogP contribution in [0.1, 0.15) is 72.2 Å².